The van der Waals surface area contributed by atoms with E-state index < -0.39 is 157 Å². The average Bonchev–Trinajstić information content (AvgIpc) is 3.09. The molecule has 3 fully saturated rings. The number of carbonyl (C=O) groups is 1. The molecule has 0 aliphatic carbocycles. The molecule has 3 aliphatic heterocycles. The maximum atomic E-state index is 13.4. The molecule has 3 heterocycles. The molecule has 17 atom stereocenters. The van der Waals surface area contributed by atoms with Gasteiger partial charge in [0, 0.05) is 6.92 Å². The van der Waals surface area contributed by atoms with Crippen molar-refractivity contribution >= 4 is 32.9 Å². The van der Waals surface area contributed by atoms with Crippen LogP contribution in [0.5, 0.6) is 0 Å². The second kappa shape index (κ2) is 24.8. The maximum absolute atomic E-state index is 13.4. The van der Waals surface area contributed by atoms with E-state index in [4.69, 9.17) is 33.7 Å². The fourth-order valence-corrected chi connectivity index (χ4v) is 8.69. The molecule has 320 valence electrons. The van der Waals surface area contributed by atoms with E-state index in [1.807, 2.05) is 0 Å². The summed E-state index contributed by atoms with van der Waals surface area (Å²) in [4.78, 5) is 40.5. The van der Waals surface area contributed by atoms with E-state index in [-0.39, 0.29) is 72.3 Å². The molecule has 28 heteroatoms. The molecule has 0 aromatic heterocycles. The van der Waals surface area contributed by atoms with Crippen LogP contribution in [0.4, 0.5) is 0 Å². The standard InChI is InChI=1S/C29H54N4O20P2.2Na/c1-12(35)31-20-18(51-15(7-34)23(38)26(20)41)10-54(44,45)49-8-16-24(39)27(42)21(32-13(2)36)19(52-16)11-55(46,47)50-9-17-25(40)28(43)22(33-14(3)37)29(53-17)48-6-4-5-30;;/h15-29,34,38-43H,4-11,30H2,1-3H3,(H,31,35)(H,32,36)(H,33,37)(H,44,45)(H,46,47);;/q;2*+1/p-2/t15-,16-,17-,18-,19-,20-,21-,22+,23-,24-,25-,26-,27-,28-,29-;;/m1../s1. The number of carbonyl (C=O) groups excluding carboxylic acids is 1. The minimum Gasteiger partial charge on any atom is -0.862 e. The third kappa shape index (κ3) is 16.1. The molecule has 2 unspecified atom stereocenters. The fourth-order valence-electron chi connectivity index (χ4n) is 6.21. The Labute approximate surface area is 372 Å². The van der Waals surface area contributed by atoms with Gasteiger partial charge in [-0.15, -0.1) is 0 Å². The van der Waals surface area contributed by atoms with Crippen LogP contribution in [0.1, 0.15) is 27.2 Å². The van der Waals surface area contributed by atoms with Crippen molar-refractivity contribution in [3.8, 4) is 0 Å². The van der Waals surface area contributed by atoms with Crippen molar-refractivity contribution < 1.29 is 157 Å². The van der Waals surface area contributed by atoms with Crippen LogP contribution in [-0.4, -0.2) is 200 Å². The first kappa shape index (κ1) is 55.2. The number of aliphatic imine (C=N–C) groups is 2. The van der Waals surface area contributed by atoms with E-state index in [0.717, 1.165) is 20.8 Å². The Bertz CT molecular complexity index is 1420. The zero-order chi connectivity index (χ0) is 41.4. The molecule has 0 saturated carbocycles. The van der Waals surface area contributed by atoms with Crippen LogP contribution in [-0.2, 0) is 41.9 Å². The van der Waals surface area contributed by atoms with Gasteiger partial charge < -0.3 is 94.8 Å². The summed E-state index contributed by atoms with van der Waals surface area (Å²) >= 11 is 0. The first-order chi connectivity index (χ1) is 25.6. The zero-order valence-corrected chi connectivity index (χ0v) is 38.0. The number of nitrogens with two attached hydrogens (primary N) is 1. The summed E-state index contributed by atoms with van der Waals surface area (Å²) in [7, 11) is -9.73. The number of aliphatic hydroxyl groups is 7. The van der Waals surface area contributed by atoms with Gasteiger partial charge in [-0.05, 0) is 38.6 Å². The number of aliphatic hydroxyl groups excluding tert-OH is 7. The van der Waals surface area contributed by atoms with Crippen LogP contribution < -0.4 is 80.4 Å². The number of amides is 1. The second-order valence-electron chi connectivity index (χ2n) is 13.3. The number of ether oxygens (including phenoxy) is 4. The smallest absolute Gasteiger partial charge is 0.862 e. The fraction of sp³-hybridized carbons (Fsp3) is 0.897. The molecule has 1 amide bonds. The van der Waals surface area contributed by atoms with Gasteiger partial charge in [-0.25, -0.2) is 0 Å². The third-order valence-electron chi connectivity index (χ3n) is 8.87. The van der Waals surface area contributed by atoms with Gasteiger partial charge in [0.2, 0.25) is 5.91 Å². The Morgan fingerprint density at radius 3 is 1.56 bits per heavy atom. The number of hydrogen-bond acceptors (Lipinski definition) is 21. The van der Waals surface area contributed by atoms with Crippen molar-refractivity contribution in [1.29, 1.82) is 0 Å². The molecule has 24 nitrogen and oxygen atoms in total. The van der Waals surface area contributed by atoms with E-state index in [0.29, 0.717) is 6.42 Å². The summed E-state index contributed by atoms with van der Waals surface area (Å²) in [5.74, 6) is -2.27. The van der Waals surface area contributed by atoms with E-state index in [9.17, 15) is 69.7 Å². The molecular weight excluding hydrogens is 832 g/mol. The Kier molecular flexibility index (Phi) is 24.0. The van der Waals surface area contributed by atoms with Crippen LogP contribution in [0.2, 0.25) is 0 Å². The molecule has 3 saturated heterocycles. The van der Waals surface area contributed by atoms with Gasteiger partial charge in [-0.2, -0.15) is 0 Å². The van der Waals surface area contributed by atoms with Crippen LogP contribution in [0, 0.1) is 0 Å². The molecule has 3 rings (SSSR count). The number of nitrogens with one attached hydrogen (secondary N) is 1. The molecule has 57 heavy (non-hydrogen) atoms. The Morgan fingerprint density at radius 1 is 0.719 bits per heavy atom. The second-order valence-corrected chi connectivity index (χ2v) is 17.1. The van der Waals surface area contributed by atoms with E-state index in [1.165, 1.54) is 0 Å². The average molecular weight is 885 g/mol. The quantitative estimate of drug-likeness (QED) is 0.0200. The van der Waals surface area contributed by atoms with Crippen molar-refractivity contribution in [1.82, 2.24) is 5.32 Å². The minimum atomic E-state index is -4.88. The van der Waals surface area contributed by atoms with Gasteiger partial charge in [0.15, 0.2) is 6.29 Å². The molecule has 3 aliphatic rings. The molecule has 0 aromatic rings. The topological polar surface area (TPSA) is 398 Å². The first-order valence-electron chi connectivity index (χ1n) is 17.2. The Morgan fingerprint density at radius 2 is 1.14 bits per heavy atom. The predicted molar refractivity (Wildman–Crippen MR) is 181 cm³/mol. The van der Waals surface area contributed by atoms with Gasteiger partial charge in [-0.3, -0.25) is 23.9 Å². The molecule has 0 spiro atoms. The molecule has 0 aromatic carbocycles. The van der Waals surface area contributed by atoms with Crippen LogP contribution in [0.15, 0.2) is 9.98 Å². The minimum absolute atomic E-state index is 0. The summed E-state index contributed by atoms with van der Waals surface area (Å²) in [5, 5.41) is 99.3. The van der Waals surface area contributed by atoms with Crippen molar-refractivity contribution in [2.24, 2.45) is 15.7 Å². The molecular formula is C29H52N4Na2O20P2. The summed E-state index contributed by atoms with van der Waals surface area (Å²) in [5.41, 5.74) is 5.48. The Hall–Kier alpha value is 0.230. The largest absolute Gasteiger partial charge is 1.00 e. The van der Waals surface area contributed by atoms with Gasteiger partial charge in [0.25, 0.3) is 0 Å². The monoisotopic (exact) mass is 884 g/mol. The van der Waals surface area contributed by atoms with E-state index in [1.54, 1.807) is 0 Å². The van der Waals surface area contributed by atoms with Crippen molar-refractivity contribution in [2.45, 2.75) is 119 Å². The number of rotatable bonds is 18. The molecule has 0 bridgehead atoms. The van der Waals surface area contributed by atoms with Crippen LogP contribution in [0.25, 0.3) is 0 Å². The normalized spacial score (nSPS) is 38.5. The number of hydrogen-bond donors (Lipinski definition) is 11. The van der Waals surface area contributed by atoms with E-state index in [2.05, 4.69) is 15.3 Å². The summed E-state index contributed by atoms with van der Waals surface area (Å²) in [6.45, 7) is 0.803. The SMILES string of the molecule is CC(=O)N[C@@H]1[C@H](OCCCN)O[C@H](COP(=O)(O)C[C@H]2O[C@H](COP(=O)(O)C[C@H]3O[C@H](CO)[C@@H](O)[C@H](O)[C@@H]3N=C(C)[O-])[C@@H](O)[C@H](O)[C@@H]2N=C(C)[O-])[C@@H](O)[C@@H]1O.[Na+].[Na+]. The van der Waals surface area contributed by atoms with E-state index >= 15 is 0 Å². The maximum Gasteiger partial charge on any atom is 1.00 e. The Balaban J connectivity index is 0.00000812. The van der Waals surface area contributed by atoms with Crippen molar-refractivity contribution in [3.05, 3.63) is 0 Å². The van der Waals surface area contributed by atoms with Gasteiger partial charge in [0.1, 0.15) is 73.1 Å². The van der Waals surface area contributed by atoms with Gasteiger partial charge in [0.05, 0.1) is 51.0 Å². The zero-order valence-electron chi connectivity index (χ0n) is 32.2. The third-order valence-corrected chi connectivity index (χ3v) is 11.6. The summed E-state index contributed by atoms with van der Waals surface area (Å²) < 4.78 is 59.1. The summed E-state index contributed by atoms with van der Waals surface area (Å²) in [6.07, 6.45) is -21.7. The summed E-state index contributed by atoms with van der Waals surface area (Å²) in [6, 6.07) is -4.46. The van der Waals surface area contributed by atoms with Crippen LogP contribution >= 0.6 is 15.2 Å². The van der Waals surface area contributed by atoms with Crippen molar-refractivity contribution in [2.75, 3.05) is 45.3 Å². The number of nitrogens with zero attached hydrogens (tertiary/aromatic N) is 2. The predicted octanol–water partition coefficient (Wildman–Crippen LogP) is -13.0. The first-order valence-corrected chi connectivity index (χ1v) is 20.7. The van der Waals surface area contributed by atoms with Gasteiger partial charge >= 0.3 is 74.3 Å². The molecule has 0 radical (unpaired) electrons. The van der Waals surface area contributed by atoms with Crippen molar-refractivity contribution in [3.63, 3.8) is 0 Å². The molecule has 12 N–H and O–H groups in total. The van der Waals surface area contributed by atoms with Crippen LogP contribution in [0.3, 0.4) is 0 Å². The van der Waals surface area contributed by atoms with Gasteiger partial charge in [-0.1, -0.05) is 0 Å².